The van der Waals surface area contributed by atoms with E-state index >= 15 is 0 Å². The zero-order chi connectivity index (χ0) is 10.6. The van der Waals surface area contributed by atoms with Crippen molar-refractivity contribution in [3.05, 3.63) is 0 Å². The van der Waals surface area contributed by atoms with Crippen molar-refractivity contribution in [1.82, 2.24) is 10.6 Å². The van der Waals surface area contributed by atoms with E-state index in [1.165, 1.54) is 0 Å². The third-order valence-corrected chi connectivity index (χ3v) is 2.83. The molecule has 1 saturated heterocycles. The first-order valence-corrected chi connectivity index (χ1v) is 5.19. The highest BCUT2D eigenvalue weighted by Gasteiger charge is 2.29. The van der Waals surface area contributed by atoms with Gasteiger partial charge in [-0.3, -0.25) is 4.79 Å². The molecule has 0 aromatic carbocycles. The van der Waals surface area contributed by atoms with Crippen LogP contribution in [0.25, 0.3) is 0 Å². The van der Waals surface area contributed by atoms with Crippen LogP contribution in [0.3, 0.4) is 0 Å². The summed E-state index contributed by atoms with van der Waals surface area (Å²) in [6, 6.07) is 0.299. The van der Waals surface area contributed by atoms with Gasteiger partial charge >= 0.3 is 0 Å². The molecule has 3 unspecified atom stereocenters. The van der Waals surface area contributed by atoms with E-state index in [1.807, 2.05) is 6.92 Å². The summed E-state index contributed by atoms with van der Waals surface area (Å²) in [6.45, 7) is 5.53. The Balaban J connectivity index is 2.27. The molecule has 0 radical (unpaired) electrons. The van der Waals surface area contributed by atoms with Crippen LogP contribution in [0.4, 0.5) is 0 Å². The fourth-order valence-electron chi connectivity index (χ4n) is 1.68. The number of carbonyl (C=O) groups is 1. The predicted molar refractivity (Wildman–Crippen MR) is 55.1 cm³/mol. The van der Waals surface area contributed by atoms with Crippen molar-refractivity contribution in [3.8, 4) is 0 Å². The van der Waals surface area contributed by atoms with Gasteiger partial charge in [0.15, 0.2) is 0 Å². The molecule has 0 saturated carbocycles. The molecule has 1 aliphatic heterocycles. The van der Waals surface area contributed by atoms with Crippen LogP contribution < -0.4 is 10.6 Å². The standard InChI is InChI=1S/C10H20N2O2/c1-7(14-3)6-12-10(13)9-4-5-11-8(9)2/h7-9,11H,4-6H2,1-3H3,(H,12,13). The second kappa shape index (κ2) is 5.32. The molecule has 0 aromatic heterocycles. The molecule has 1 heterocycles. The largest absolute Gasteiger partial charge is 0.380 e. The summed E-state index contributed by atoms with van der Waals surface area (Å²) in [5.74, 6) is 0.269. The van der Waals surface area contributed by atoms with Gasteiger partial charge in [-0.2, -0.15) is 0 Å². The molecule has 4 heteroatoms. The summed E-state index contributed by atoms with van der Waals surface area (Å²) in [7, 11) is 1.65. The monoisotopic (exact) mass is 200 g/mol. The maximum absolute atomic E-state index is 11.7. The van der Waals surface area contributed by atoms with Crippen LogP contribution in [0, 0.1) is 5.92 Å². The van der Waals surface area contributed by atoms with Gasteiger partial charge in [0.05, 0.1) is 12.0 Å². The molecule has 0 aliphatic carbocycles. The van der Waals surface area contributed by atoms with Crippen molar-refractivity contribution in [2.75, 3.05) is 20.2 Å². The number of carbonyl (C=O) groups excluding carboxylic acids is 1. The van der Waals surface area contributed by atoms with Crippen LogP contribution in [-0.2, 0) is 9.53 Å². The molecular weight excluding hydrogens is 180 g/mol. The van der Waals surface area contributed by atoms with Gasteiger partial charge in [-0.25, -0.2) is 0 Å². The van der Waals surface area contributed by atoms with E-state index in [0.717, 1.165) is 13.0 Å². The second-order valence-corrected chi connectivity index (χ2v) is 3.93. The lowest BCUT2D eigenvalue weighted by molar-refractivity contribution is -0.125. The van der Waals surface area contributed by atoms with E-state index in [1.54, 1.807) is 7.11 Å². The highest BCUT2D eigenvalue weighted by atomic mass is 16.5. The topological polar surface area (TPSA) is 50.4 Å². The molecule has 1 fully saturated rings. The normalized spacial score (nSPS) is 28.8. The van der Waals surface area contributed by atoms with Gasteiger partial charge in [-0.1, -0.05) is 0 Å². The summed E-state index contributed by atoms with van der Waals surface area (Å²) in [5, 5.41) is 6.16. The first kappa shape index (κ1) is 11.5. The Labute approximate surface area is 85.4 Å². The molecular formula is C10H20N2O2. The highest BCUT2D eigenvalue weighted by Crippen LogP contribution is 2.14. The van der Waals surface area contributed by atoms with E-state index in [-0.39, 0.29) is 17.9 Å². The smallest absolute Gasteiger partial charge is 0.224 e. The SMILES string of the molecule is COC(C)CNC(=O)C1CCNC1C. The van der Waals surface area contributed by atoms with Gasteiger partial charge in [0.25, 0.3) is 0 Å². The Morgan fingerprint density at radius 2 is 2.43 bits per heavy atom. The Kier molecular flexibility index (Phi) is 4.35. The van der Waals surface area contributed by atoms with Crippen molar-refractivity contribution in [2.45, 2.75) is 32.4 Å². The average molecular weight is 200 g/mol. The number of amides is 1. The number of hydrogen-bond acceptors (Lipinski definition) is 3. The van der Waals surface area contributed by atoms with Gasteiger partial charge in [0.2, 0.25) is 5.91 Å². The van der Waals surface area contributed by atoms with Crippen molar-refractivity contribution >= 4 is 5.91 Å². The molecule has 0 spiro atoms. The van der Waals surface area contributed by atoms with Crippen molar-refractivity contribution in [2.24, 2.45) is 5.92 Å². The van der Waals surface area contributed by atoms with E-state index in [4.69, 9.17) is 4.74 Å². The second-order valence-electron chi connectivity index (χ2n) is 3.93. The summed E-state index contributed by atoms with van der Waals surface area (Å²) in [5.41, 5.74) is 0. The number of nitrogens with one attached hydrogen (secondary N) is 2. The lowest BCUT2D eigenvalue weighted by Gasteiger charge is -2.16. The summed E-state index contributed by atoms with van der Waals surface area (Å²) in [4.78, 5) is 11.7. The minimum absolute atomic E-state index is 0.0867. The average Bonchev–Trinajstić information content (AvgIpc) is 2.60. The molecule has 2 N–H and O–H groups in total. The van der Waals surface area contributed by atoms with Crippen LogP contribution in [-0.4, -0.2) is 38.3 Å². The third-order valence-electron chi connectivity index (χ3n) is 2.83. The minimum Gasteiger partial charge on any atom is -0.380 e. The lowest BCUT2D eigenvalue weighted by atomic mass is 10.0. The predicted octanol–water partition coefficient (Wildman–Crippen LogP) is 0.136. The minimum atomic E-state index is 0.0867. The van der Waals surface area contributed by atoms with Gasteiger partial charge in [-0.05, 0) is 26.8 Å². The van der Waals surface area contributed by atoms with Gasteiger partial charge in [0, 0.05) is 19.7 Å². The van der Waals surface area contributed by atoms with Crippen molar-refractivity contribution in [3.63, 3.8) is 0 Å². The zero-order valence-electron chi connectivity index (χ0n) is 9.17. The molecule has 14 heavy (non-hydrogen) atoms. The number of ether oxygens (including phenoxy) is 1. The number of rotatable bonds is 4. The Bertz CT molecular complexity index is 197. The van der Waals surface area contributed by atoms with E-state index < -0.39 is 0 Å². The fraction of sp³-hybridized carbons (Fsp3) is 0.900. The summed E-state index contributed by atoms with van der Waals surface area (Å²) >= 11 is 0. The maximum Gasteiger partial charge on any atom is 0.224 e. The van der Waals surface area contributed by atoms with Gasteiger partial charge < -0.3 is 15.4 Å². The molecule has 1 amide bonds. The van der Waals surface area contributed by atoms with Crippen LogP contribution in [0.1, 0.15) is 20.3 Å². The first-order valence-electron chi connectivity index (χ1n) is 5.19. The summed E-state index contributed by atoms with van der Waals surface area (Å²) < 4.78 is 5.06. The fourth-order valence-corrected chi connectivity index (χ4v) is 1.68. The van der Waals surface area contributed by atoms with Crippen molar-refractivity contribution in [1.29, 1.82) is 0 Å². The molecule has 82 valence electrons. The Morgan fingerprint density at radius 1 is 1.71 bits per heavy atom. The van der Waals surface area contributed by atoms with Crippen LogP contribution in [0.15, 0.2) is 0 Å². The third kappa shape index (κ3) is 2.96. The van der Waals surface area contributed by atoms with E-state index in [0.29, 0.717) is 12.6 Å². The van der Waals surface area contributed by atoms with Gasteiger partial charge in [0.1, 0.15) is 0 Å². The maximum atomic E-state index is 11.7. The highest BCUT2D eigenvalue weighted by molar-refractivity contribution is 5.79. The molecule has 0 bridgehead atoms. The molecule has 1 rings (SSSR count). The van der Waals surface area contributed by atoms with Crippen LogP contribution >= 0.6 is 0 Å². The summed E-state index contributed by atoms with van der Waals surface area (Å²) in [6.07, 6.45) is 1.03. The van der Waals surface area contributed by atoms with Crippen LogP contribution in [0.5, 0.6) is 0 Å². The Hall–Kier alpha value is -0.610. The zero-order valence-corrected chi connectivity index (χ0v) is 9.17. The Morgan fingerprint density at radius 3 is 2.93 bits per heavy atom. The number of methoxy groups -OCH3 is 1. The lowest BCUT2D eigenvalue weighted by Crippen LogP contribution is -2.39. The molecule has 0 aromatic rings. The van der Waals surface area contributed by atoms with E-state index in [9.17, 15) is 4.79 Å². The number of hydrogen-bond donors (Lipinski definition) is 2. The molecule has 4 nitrogen and oxygen atoms in total. The van der Waals surface area contributed by atoms with Gasteiger partial charge in [-0.15, -0.1) is 0 Å². The molecule has 3 atom stereocenters. The van der Waals surface area contributed by atoms with Crippen molar-refractivity contribution < 1.29 is 9.53 Å². The van der Waals surface area contributed by atoms with Crippen LogP contribution in [0.2, 0.25) is 0 Å². The molecule has 1 aliphatic rings. The van der Waals surface area contributed by atoms with E-state index in [2.05, 4.69) is 17.6 Å². The quantitative estimate of drug-likeness (QED) is 0.678. The first-order chi connectivity index (χ1) is 6.65.